The molecule has 2 aromatic carbocycles. The van der Waals surface area contributed by atoms with E-state index in [1.54, 1.807) is 0 Å². The number of rotatable bonds is 11. The van der Waals surface area contributed by atoms with Gasteiger partial charge in [-0.25, -0.2) is 14.6 Å². The predicted octanol–water partition coefficient (Wildman–Crippen LogP) is 3.76. The normalized spacial score (nSPS) is 17.5. The Morgan fingerprint density at radius 3 is 2.15 bits per heavy atom. The second kappa shape index (κ2) is 16.8. The average molecular weight is 655 g/mol. The van der Waals surface area contributed by atoms with Gasteiger partial charge in [0.25, 0.3) is 0 Å². The SMILES string of the molecule is NCCN1CCCCC1.Nc1ncnc2c1c(-c1ccc(Oc3ccccc3)cc1)nn2C1CN(C(=O)CNCCN2CCCCC2)C1. The van der Waals surface area contributed by atoms with E-state index in [4.69, 9.17) is 21.3 Å². The Morgan fingerprint density at radius 1 is 0.833 bits per heavy atom. The zero-order chi connectivity index (χ0) is 33.1. The number of likely N-dealkylation sites (tertiary alicyclic amines) is 3. The van der Waals surface area contributed by atoms with Crippen molar-refractivity contribution in [2.45, 2.75) is 44.6 Å². The van der Waals surface area contributed by atoms with Crippen LogP contribution in [0.2, 0.25) is 0 Å². The van der Waals surface area contributed by atoms with Crippen LogP contribution in [0.1, 0.15) is 44.6 Å². The Morgan fingerprint density at radius 2 is 1.48 bits per heavy atom. The molecule has 0 unspecified atom stereocenters. The highest BCUT2D eigenvalue weighted by Crippen LogP contribution is 2.35. The van der Waals surface area contributed by atoms with Crippen LogP contribution in [0.25, 0.3) is 22.3 Å². The van der Waals surface area contributed by atoms with E-state index in [1.165, 1.54) is 71.0 Å². The molecule has 256 valence electrons. The van der Waals surface area contributed by atoms with E-state index in [2.05, 4.69) is 25.1 Å². The molecule has 1 amide bonds. The van der Waals surface area contributed by atoms with Gasteiger partial charge in [0.15, 0.2) is 5.65 Å². The number of carbonyl (C=O) groups is 1. The molecule has 0 bridgehead atoms. The summed E-state index contributed by atoms with van der Waals surface area (Å²) in [6.45, 7) is 10.2. The van der Waals surface area contributed by atoms with Gasteiger partial charge in [0, 0.05) is 44.8 Å². The van der Waals surface area contributed by atoms with Crippen molar-refractivity contribution in [2.75, 3.05) is 77.7 Å². The number of ether oxygens (including phenoxy) is 1. The number of anilines is 1. The number of fused-ring (bicyclic) bond motifs is 1. The molecular formula is C36H50N10O2. The molecule has 2 aromatic heterocycles. The van der Waals surface area contributed by atoms with Crippen LogP contribution in [0, 0.1) is 0 Å². The summed E-state index contributed by atoms with van der Waals surface area (Å²) in [6.07, 6.45) is 9.52. The Balaban J connectivity index is 0.000000388. The third-order valence-electron chi connectivity index (χ3n) is 9.41. The van der Waals surface area contributed by atoms with Crippen LogP contribution < -0.4 is 21.5 Å². The summed E-state index contributed by atoms with van der Waals surface area (Å²) in [4.78, 5) is 28.2. The van der Waals surface area contributed by atoms with Gasteiger partial charge in [-0.3, -0.25) is 4.79 Å². The molecule has 12 heteroatoms. The number of para-hydroxylation sites is 1. The molecule has 0 saturated carbocycles. The topological polar surface area (TPSA) is 144 Å². The first-order valence-electron chi connectivity index (χ1n) is 17.5. The van der Waals surface area contributed by atoms with Crippen molar-refractivity contribution in [1.29, 1.82) is 0 Å². The van der Waals surface area contributed by atoms with Crippen molar-refractivity contribution in [3.8, 4) is 22.8 Å². The number of carbonyl (C=O) groups excluding carboxylic acids is 1. The van der Waals surface area contributed by atoms with Gasteiger partial charge in [0.2, 0.25) is 5.91 Å². The van der Waals surface area contributed by atoms with Crippen molar-refractivity contribution in [3.63, 3.8) is 0 Å². The first kappa shape index (κ1) is 33.8. The lowest BCUT2D eigenvalue weighted by molar-refractivity contribution is -0.136. The number of nitrogens with two attached hydrogens (primary N) is 2. The van der Waals surface area contributed by atoms with Crippen molar-refractivity contribution in [3.05, 3.63) is 60.9 Å². The molecule has 12 nitrogen and oxygen atoms in total. The van der Waals surface area contributed by atoms with Gasteiger partial charge < -0.3 is 36.2 Å². The zero-order valence-electron chi connectivity index (χ0n) is 28.0. The molecule has 3 aliphatic heterocycles. The summed E-state index contributed by atoms with van der Waals surface area (Å²) in [5.41, 5.74) is 14.0. The lowest BCUT2D eigenvalue weighted by atomic mass is 10.1. The minimum Gasteiger partial charge on any atom is -0.457 e. The second-order valence-corrected chi connectivity index (χ2v) is 12.9. The minimum atomic E-state index is 0.0357. The van der Waals surface area contributed by atoms with Gasteiger partial charge in [-0.2, -0.15) is 5.10 Å². The van der Waals surface area contributed by atoms with Crippen molar-refractivity contribution >= 4 is 22.8 Å². The van der Waals surface area contributed by atoms with E-state index in [0.717, 1.165) is 54.3 Å². The number of nitrogens with zero attached hydrogens (tertiary/aromatic N) is 7. The van der Waals surface area contributed by atoms with E-state index in [0.29, 0.717) is 31.1 Å². The maximum absolute atomic E-state index is 12.7. The first-order valence-corrected chi connectivity index (χ1v) is 17.5. The summed E-state index contributed by atoms with van der Waals surface area (Å²) >= 11 is 0. The van der Waals surface area contributed by atoms with Crippen LogP contribution in [0.5, 0.6) is 11.5 Å². The van der Waals surface area contributed by atoms with Crippen LogP contribution in [0.4, 0.5) is 5.82 Å². The largest absolute Gasteiger partial charge is 0.457 e. The molecule has 7 rings (SSSR count). The van der Waals surface area contributed by atoms with Crippen LogP contribution in [0.15, 0.2) is 60.9 Å². The molecule has 0 aliphatic carbocycles. The fourth-order valence-corrected chi connectivity index (χ4v) is 6.66. The number of aromatic nitrogens is 4. The fourth-order valence-electron chi connectivity index (χ4n) is 6.66. The maximum atomic E-state index is 12.7. The summed E-state index contributed by atoms with van der Waals surface area (Å²) in [7, 11) is 0. The lowest BCUT2D eigenvalue weighted by Crippen LogP contribution is -2.53. The van der Waals surface area contributed by atoms with E-state index in [-0.39, 0.29) is 11.9 Å². The minimum absolute atomic E-state index is 0.0357. The van der Waals surface area contributed by atoms with Gasteiger partial charge in [-0.05, 0) is 88.3 Å². The highest BCUT2D eigenvalue weighted by atomic mass is 16.5. The standard InChI is InChI=1S/C29H34N8O2.C7H16N2/c30-28-26-27(21-9-11-24(12-10-21)39-23-7-3-1-4-8-23)34-37(29(26)33-20-32-28)22-18-36(19-22)25(38)17-31-13-16-35-14-5-2-6-15-35;8-4-7-9-5-2-1-3-6-9/h1,3-4,7-12,20,22,31H,2,5-6,13-19H2,(H2,30,32,33);1-8H2. The Hall–Kier alpha value is -4.10. The average Bonchev–Trinajstić information content (AvgIpc) is 3.49. The molecule has 3 fully saturated rings. The third-order valence-corrected chi connectivity index (χ3v) is 9.41. The van der Waals surface area contributed by atoms with Crippen LogP contribution in [-0.4, -0.2) is 112 Å². The van der Waals surface area contributed by atoms with E-state index in [9.17, 15) is 4.79 Å². The quantitative estimate of drug-likeness (QED) is 0.205. The zero-order valence-corrected chi connectivity index (χ0v) is 28.0. The van der Waals surface area contributed by atoms with Crippen LogP contribution in [0.3, 0.4) is 0 Å². The van der Waals surface area contributed by atoms with Gasteiger partial charge in [0.1, 0.15) is 29.3 Å². The van der Waals surface area contributed by atoms with Gasteiger partial charge >= 0.3 is 0 Å². The van der Waals surface area contributed by atoms with Gasteiger partial charge in [0.05, 0.1) is 18.0 Å². The Bertz CT molecular complexity index is 1580. The Kier molecular flexibility index (Phi) is 11.8. The van der Waals surface area contributed by atoms with Crippen LogP contribution in [-0.2, 0) is 4.79 Å². The first-order chi connectivity index (χ1) is 23.6. The van der Waals surface area contributed by atoms with Gasteiger partial charge in [-0.1, -0.05) is 31.0 Å². The number of nitrogen functional groups attached to an aromatic ring is 1. The summed E-state index contributed by atoms with van der Waals surface area (Å²) < 4.78 is 7.82. The van der Waals surface area contributed by atoms with Crippen molar-refractivity contribution < 1.29 is 9.53 Å². The molecule has 0 spiro atoms. The molecule has 3 saturated heterocycles. The number of benzene rings is 2. The van der Waals surface area contributed by atoms with E-state index < -0.39 is 0 Å². The third kappa shape index (κ3) is 8.67. The highest BCUT2D eigenvalue weighted by Gasteiger charge is 2.34. The molecule has 48 heavy (non-hydrogen) atoms. The number of piperidine rings is 2. The molecule has 4 aromatic rings. The molecule has 5 heterocycles. The predicted molar refractivity (Wildman–Crippen MR) is 190 cm³/mol. The lowest BCUT2D eigenvalue weighted by Gasteiger charge is -2.39. The van der Waals surface area contributed by atoms with E-state index in [1.807, 2.05) is 64.2 Å². The number of nitrogens with one attached hydrogen (secondary N) is 1. The Labute approximate surface area is 283 Å². The molecule has 0 radical (unpaired) electrons. The monoisotopic (exact) mass is 654 g/mol. The molecule has 0 atom stereocenters. The number of hydrogen-bond acceptors (Lipinski definition) is 10. The van der Waals surface area contributed by atoms with Crippen molar-refractivity contribution in [2.24, 2.45) is 5.73 Å². The summed E-state index contributed by atoms with van der Waals surface area (Å²) in [5, 5.41) is 8.95. The number of hydrogen-bond donors (Lipinski definition) is 3. The molecule has 5 N–H and O–H groups in total. The second-order valence-electron chi connectivity index (χ2n) is 12.9. The fraction of sp³-hybridized carbons (Fsp3) is 0.500. The smallest absolute Gasteiger partial charge is 0.236 e. The summed E-state index contributed by atoms with van der Waals surface area (Å²) in [6, 6.07) is 17.4. The van der Waals surface area contributed by atoms with Crippen LogP contribution >= 0.6 is 0 Å². The number of amides is 1. The van der Waals surface area contributed by atoms with Gasteiger partial charge in [-0.15, -0.1) is 0 Å². The molecular weight excluding hydrogens is 604 g/mol. The summed E-state index contributed by atoms with van der Waals surface area (Å²) in [5.74, 6) is 2.01. The van der Waals surface area contributed by atoms with Crippen molar-refractivity contribution in [1.82, 2.24) is 39.8 Å². The van der Waals surface area contributed by atoms with E-state index >= 15 is 0 Å². The maximum Gasteiger partial charge on any atom is 0.236 e. The highest BCUT2D eigenvalue weighted by molar-refractivity contribution is 5.98. The molecule has 3 aliphatic rings.